The molecule has 135 heavy (non-hydrogen) atoms. The van der Waals surface area contributed by atoms with Gasteiger partial charge >= 0.3 is 5.97 Å². The second-order valence-corrected chi connectivity index (χ2v) is 34.5. The molecule has 5 aromatic rings. The van der Waals surface area contributed by atoms with Crippen LogP contribution in [0.1, 0.15) is 128 Å². The van der Waals surface area contributed by atoms with E-state index in [9.17, 15) is 57.8 Å². The van der Waals surface area contributed by atoms with Gasteiger partial charge in [0.1, 0.15) is 90.4 Å². The second-order valence-electron chi connectivity index (χ2n) is 33.4. The van der Waals surface area contributed by atoms with E-state index in [-0.39, 0.29) is 64.3 Å². The Kier molecular flexibility index (Phi) is 41.1. The molecule has 0 saturated carbocycles. The molecule has 7 rings (SSSR count). The van der Waals surface area contributed by atoms with Gasteiger partial charge in [0, 0.05) is 107 Å². The van der Waals surface area contributed by atoms with Crippen LogP contribution in [0.3, 0.4) is 0 Å². The predicted molar refractivity (Wildman–Crippen MR) is 486 cm³/mol. The number of primary amides is 5. The van der Waals surface area contributed by atoms with Crippen LogP contribution in [0.5, 0.6) is 5.75 Å². The van der Waals surface area contributed by atoms with Gasteiger partial charge in [0.25, 0.3) is 5.91 Å². The molecule has 2 aliphatic heterocycles. The fourth-order valence-corrected chi connectivity index (χ4v) is 15.7. The first kappa shape index (κ1) is 108. The maximum absolute atomic E-state index is 15.9. The third-order valence-corrected chi connectivity index (χ3v) is 22.6. The number of rotatable bonds is 44. The first-order chi connectivity index (χ1) is 63.8. The lowest BCUT2D eigenvalue weighted by molar-refractivity contribution is -0.142. The molecule has 2 fully saturated rings. The van der Waals surface area contributed by atoms with Gasteiger partial charge in [0.15, 0.2) is 5.96 Å². The second kappa shape index (κ2) is 51.6. The first-order valence-electron chi connectivity index (χ1n) is 43.3. The first-order valence-corrected chi connectivity index (χ1v) is 44.4. The zero-order chi connectivity index (χ0) is 99.6. The highest BCUT2D eigenvalue weighted by Crippen LogP contribution is 2.27. The van der Waals surface area contributed by atoms with Crippen molar-refractivity contribution < 1.29 is 115 Å². The van der Waals surface area contributed by atoms with Crippen LogP contribution in [0.4, 0.5) is 0 Å². The van der Waals surface area contributed by atoms with E-state index in [4.69, 9.17) is 59.8 Å². The molecule has 0 radical (unpaired) electrons. The molecule has 1 aromatic heterocycles. The standard InChI is InChI=1S/C87H119N23O24S/c1-44(134-86(3,4)5)70-83(130)106-61(38-50-42-97-53-14-9-8-13-52(50)53)78(125)99-55(22-24-66(89)113)74(121)107-64(43-135-34-26-57(76(123)104-62(80(127)109-70)39-65(112)72(93)119)100-73(120)54(98-45(2)111)15-10-30-96-85(94)95)81(128)102-59(36-46-17-20-51(21-18-46)133-33-29-88)77(124)103-60(37-47-16-19-48-11-6-7-12-49(48)35-47)82(129)110-87(27-31-132-32-28-87)84(131)108-56(23-25-69(116)117)75(122)105-63(41-68(91)115)79(126)101-58(71(92)118)40-67(90)114/h6-9,11-14,16-21,35,42,44,54-64,70,97H,10,15,22-34,36-41,43,88H2,1-5H3,(H2,89,113)(H2,90,114)(H2,91,115)(H2,92,118)(H2,93,119)(H,98,111)(H,99,125)(H,100,120)(H,101,126)(H,102,128)(H,103,124)(H,104,123)(H,105,122)(H,106,130)(H,107,121)(H,108,131)(H,109,127)(H,110,129)(H,116,117)(H4,94,95,96)/t44?,54-,55+,56+,57+,58+,59+,60+,61+,62+,63+,64+,70+/m1/s1. The number of ketones is 1. The maximum Gasteiger partial charge on any atom is 0.303 e. The number of carboxylic acid groups (broad SMARTS) is 1. The average molecular weight is 1900 g/mol. The molecule has 18 amide bonds. The largest absolute Gasteiger partial charge is 0.492 e. The van der Waals surface area contributed by atoms with E-state index in [0.717, 1.165) is 24.1 Å². The molecule has 2 saturated heterocycles. The van der Waals surface area contributed by atoms with Crippen molar-refractivity contribution in [3.05, 3.63) is 114 Å². The van der Waals surface area contributed by atoms with Gasteiger partial charge in [-0.1, -0.05) is 72.8 Å². The summed E-state index contributed by atoms with van der Waals surface area (Å²) in [5, 5.41) is 54.8. The summed E-state index contributed by atoms with van der Waals surface area (Å²) in [6, 6.07) is 2.83. The summed E-state index contributed by atoms with van der Waals surface area (Å²) < 4.78 is 17.6. The number of para-hydroxylation sites is 1. The number of aromatic amines is 1. The maximum atomic E-state index is 15.9. The molecule has 48 heteroatoms. The molecular weight excluding hydrogens is 1780 g/mol. The fourth-order valence-electron chi connectivity index (χ4n) is 14.7. The number of nitrogens with two attached hydrogens (primary N) is 7. The normalized spacial score (nSPS) is 19.0. The van der Waals surface area contributed by atoms with Crippen LogP contribution < -0.4 is 119 Å². The minimum Gasteiger partial charge on any atom is -0.492 e. The molecule has 1 unspecified atom stereocenters. The van der Waals surface area contributed by atoms with Crippen LogP contribution in [-0.2, 0) is 125 Å². The zero-order valence-corrected chi connectivity index (χ0v) is 75.9. The van der Waals surface area contributed by atoms with E-state index >= 15 is 43.2 Å². The van der Waals surface area contributed by atoms with E-state index in [1.165, 1.54) is 37.4 Å². The monoisotopic (exact) mass is 1900 g/mol. The Morgan fingerprint density at radius 3 is 1.84 bits per heavy atom. The van der Waals surface area contributed by atoms with Crippen molar-refractivity contribution in [1.82, 2.24) is 79.4 Å². The van der Waals surface area contributed by atoms with Crippen LogP contribution in [0, 0.1) is 5.41 Å². The van der Waals surface area contributed by atoms with Crippen LogP contribution in [0.25, 0.3) is 21.7 Å². The van der Waals surface area contributed by atoms with Crippen molar-refractivity contribution in [2.45, 2.75) is 221 Å². The van der Waals surface area contributed by atoms with Gasteiger partial charge in [0.2, 0.25) is 106 Å². The zero-order valence-electron chi connectivity index (χ0n) is 75.1. The van der Waals surface area contributed by atoms with Gasteiger partial charge in [-0.2, -0.15) is 11.8 Å². The number of hydrogen-bond acceptors (Lipinski definition) is 26. The van der Waals surface area contributed by atoms with Gasteiger partial charge < -0.3 is 139 Å². The van der Waals surface area contributed by atoms with E-state index in [2.05, 4.69) is 79.4 Å². The Morgan fingerprint density at radius 1 is 0.615 bits per heavy atom. The van der Waals surface area contributed by atoms with Crippen LogP contribution in [0.15, 0.2) is 97.2 Å². The summed E-state index contributed by atoms with van der Waals surface area (Å²) in [5.41, 5.74) is 36.9. The highest BCUT2D eigenvalue weighted by molar-refractivity contribution is 7.99. The Morgan fingerprint density at radius 2 is 1.20 bits per heavy atom. The highest BCUT2D eigenvalue weighted by atomic mass is 32.2. The summed E-state index contributed by atoms with van der Waals surface area (Å²) in [5.74, 6) is -25.1. The fraction of sp³-hybridized carbons (Fsp3) is 0.483. The molecule has 0 bridgehead atoms. The van der Waals surface area contributed by atoms with E-state index in [1.54, 1.807) is 87.5 Å². The number of fused-ring (bicyclic) bond motifs is 2. The van der Waals surface area contributed by atoms with Gasteiger partial charge in [-0.15, -0.1) is 0 Å². The Balaban J connectivity index is 1.37. The third-order valence-electron chi connectivity index (χ3n) is 21.5. The third kappa shape index (κ3) is 34.9. The quantitative estimate of drug-likeness (QED) is 0.00746. The molecule has 0 aliphatic carbocycles. The number of ether oxygens (including phenoxy) is 3. The minimum absolute atomic E-state index is 0.0171. The Hall–Kier alpha value is -14.4. The van der Waals surface area contributed by atoms with Crippen LogP contribution >= 0.6 is 11.8 Å². The predicted octanol–water partition coefficient (Wildman–Crippen LogP) is -6.40. The summed E-state index contributed by atoms with van der Waals surface area (Å²) in [4.78, 5) is 285. The molecule has 732 valence electrons. The van der Waals surface area contributed by atoms with E-state index in [0.29, 0.717) is 38.7 Å². The lowest BCUT2D eigenvalue weighted by Crippen LogP contribution is -2.67. The van der Waals surface area contributed by atoms with Gasteiger partial charge in [-0.25, -0.2) is 0 Å². The van der Waals surface area contributed by atoms with Crippen LogP contribution in [0.2, 0.25) is 0 Å². The van der Waals surface area contributed by atoms with Crippen LogP contribution in [-0.4, -0.2) is 268 Å². The number of benzene rings is 4. The molecule has 47 nitrogen and oxygen atoms in total. The number of amides is 18. The minimum atomic E-state index is -2.13. The lowest BCUT2D eigenvalue weighted by atomic mass is 9.87. The number of H-pyrrole nitrogens is 1. The highest BCUT2D eigenvalue weighted by Gasteiger charge is 2.46. The summed E-state index contributed by atoms with van der Waals surface area (Å²) >= 11 is 0.798. The van der Waals surface area contributed by atoms with Gasteiger partial charge in [0.05, 0.1) is 24.5 Å². The topological polar surface area (TPSA) is 780 Å². The summed E-state index contributed by atoms with van der Waals surface area (Å²) in [7, 11) is 0. The summed E-state index contributed by atoms with van der Waals surface area (Å²) in [6.07, 6.45) is -8.27. The van der Waals surface area contributed by atoms with Crippen molar-refractivity contribution in [1.29, 1.82) is 5.41 Å². The number of Topliss-reactive ketones (excluding diaryl/α,β-unsaturated/α-hetero) is 1. The van der Waals surface area contributed by atoms with Crippen molar-refractivity contribution in [3.8, 4) is 5.75 Å². The van der Waals surface area contributed by atoms with Crippen molar-refractivity contribution in [3.63, 3.8) is 0 Å². The molecule has 0 spiro atoms. The smallest absolute Gasteiger partial charge is 0.303 e. The van der Waals surface area contributed by atoms with Gasteiger partial charge in [-0.05, 0) is 111 Å². The molecule has 13 atom stereocenters. The summed E-state index contributed by atoms with van der Waals surface area (Å²) in [6.45, 7) is 6.94. The van der Waals surface area contributed by atoms with Crippen molar-refractivity contribution in [2.24, 2.45) is 40.1 Å². The number of carbonyl (C=O) groups is 20. The number of aromatic nitrogens is 1. The lowest BCUT2D eigenvalue weighted by Gasteiger charge is -2.38. The number of nitrogens with one attached hydrogen (secondary N) is 16. The Bertz CT molecular complexity index is 5180. The number of thioether (sulfide) groups is 1. The SMILES string of the molecule is CC(=O)N[C@H](CCCNC(=N)N)C(=O)N[C@H]1CCSC[C@@H](C(=O)N[C@@H](Cc2ccc(OCCN)cc2)C(=O)N[C@@H](Cc2ccc3ccccc3c2)C(=O)NC2(C(=O)N[C@@H](CCC(=O)O)C(=O)N[C@@H](CC(N)=O)C(=O)N[C@@H](CC(N)=O)C(N)=O)CCOCC2)NC(=O)[C@H](CCC(N)=O)NC(=O)[C@H](Cc2c[nH]c3ccccc23)NC(=O)[C@H](C(C)OC(C)(C)C)NC(=O)[C@H](CC(=O)C(N)=O)NC1=O. The average Bonchev–Trinajstić information content (AvgIpc) is 1.67. The van der Waals surface area contributed by atoms with Gasteiger partial charge in [-0.3, -0.25) is 101 Å². The molecule has 4 aromatic carbocycles. The number of aliphatic carboxylic acids is 1. The number of guanidine groups is 1. The number of carboxylic acids is 1. The Labute approximate surface area is 778 Å². The number of carbonyl (C=O) groups excluding carboxylic acids is 19. The van der Waals surface area contributed by atoms with E-state index in [1.807, 2.05) is 0 Å². The molecule has 3 heterocycles. The van der Waals surface area contributed by atoms with E-state index < -0.39 is 290 Å². The molecule has 2 aliphatic rings. The molecular formula is C87H119N23O24S. The van der Waals surface area contributed by atoms with Crippen molar-refractivity contribution in [2.75, 3.05) is 44.4 Å². The number of hydrogen-bond donors (Lipinski definition) is 24. The van der Waals surface area contributed by atoms with Crippen molar-refractivity contribution >= 4 is 157 Å². The molecule has 31 N–H and O–H groups in total.